The van der Waals surface area contributed by atoms with Gasteiger partial charge in [-0.2, -0.15) is 0 Å². The van der Waals surface area contributed by atoms with Gasteiger partial charge in [-0.25, -0.2) is 0 Å². The van der Waals surface area contributed by atoms with Gasteiger partial charge in [-0.1, -0.05) is 13.8 Å². The molecule has 4 aliphatic rings. The molecule has 0 unspecified atom stereocenters. The van der Waals surface area contributed by atoms with Crippen LogP contribution in [0.5, 0.6) is 0 Å². The minimum Gasteiger partial charge on any atom is -0.389 e. The molecule has 4 rings (SSSR count). The third kappa shape index (κ3) is 2.32. The van der Waals surface area contributed by atoms with Crippen molar-refractivity contribution in [2.45, 2.75) is 95.4 Å². The summed E-state index contributed by atoms with van der Waals surface area (Å²) in [6, 6.07) is 0. The van der Waals surface area contributed by atoms with Crippen molar-refractivity contribution in [2.75, 3.05) is 0 Å². The van der Waals surface area contributed by atoms with E-state index in [1.54, 1.807) is 13.0 Å². The molecule has 2 bridgehead atoms. The van der Waals surface area contributed by atoms with Crippen molar-refractivity contribution >= 4 is 5.78 Å². The molecule has 2 heterocycles. The smallest absolute Gasteiger partial charge is 0.193 e. The van der Waals surface area contributed by atoms with Gasteiger partial charge in [0.25, 0.3) is 0 Å². The first-order valence-electron chi connectivity index (χ1n) is 9.47. The van der Waals surface area contributed by atoms with E-state index in [0.717, 1.165) is 19.3 Å². The normalized spacial score (nSPS) is 58.2. The summed E-state index contributed by atoms with van der Waals surface area (Å²) in [6.45, 7) is 9.68. The third-order valence-corrected chi connectivity index (χ3v) is 7.77. The maximum Gasteiger partial charge on any atom is 0.193 e. The van der Waals surface area contributed by atoms with Gasteiger partial charge in [0.15, 0.2) is 5.78 Å². The predicted octanol–water partition coefficient (Wildman–Crippen LogP) is 2.14. The van der Waals surface area contributed by atoms with Crippen molar-refractivity contribution in [3.63, 3.8) is 0 Å². The summed E-state index contributed by atoms with van der Waals surface area (Å²) in [7, 11) is 0. The second-order valence-electron chi connectivity index (χ2n) is 9.51. The number of ketones is 1. The Morgan fingerprint density at radius 1 is 1.16 bits per heavy atom. The first-order chi connectivity index (χ1) is 11.4. The first-order valence-corrected chi connectivity index (χ1v) is 9.47. The van der Waals surface area contributed by atoms with Gasteiger partial charge in [0.05, 0.1) is 23.4 Å². The number of fused-ring (bicyclic) bond motifs is 4. The van der Waals surface area contributed by atoms with Crippen molar-refractivity contribution in [3.8, 4) is 0 Å². The molecule has 2 aliphatic heterocycles. The standard InChI is InChI=1S/C20H30O5/c1-11-13(21)9-12-15(22)16-18(3,25-16)8-6-7-14-19(4,24-14)10-17(11,2)20(12,5)23/h9,11,13-14,16,21,23H,6-8,10H2,1-5H3/t11-,13+,14-,16-,17+,18+,19+,20+/m1/s1. The zero-order valence-electron chi connectivity index (χ0n) is 15.8. The number of aliphatic hydroxyl groups excluding tert-OH is 1. The highest BCUT2D eigenvalue weighted by Crippen LogP contribution is 2.59. The number of hydrogen-bond donors (Lipinski definition) is 2. The quantitative estimate of drug-likeness (QED) is 0.654. The first kappa shape index (κ1) is 17.7. The third-order valence-electron chi connectivity index (χ3n) is 7.77. The van der Waals surface area contributed by atoms with E-state index in [2.05, 4.69) is 6.92 Å². The van der Waals surface area contributed by atoms with Crippen LogP contribution < -0.4 is 0 Å². The number of aliphatic hydroxyl groups is 2. The number of carbonyl (C=O) groups excluding carboxylic acids is 1. The summed E-state index contributed by atoms with van der Waals surface area (Å²) in [5, 5.41) is 22.1. The van der Waals surface area contributed by atoms with Crippen LogP contribution in [0.3, 0.4) is 0 Å². The SMILES string of the molecule is C[C@@H]1[C@@H](O)C=C2C(=O)[C@H]3O[C@@]3(C)CCC[C@H]3O[C@@]3(C)C[C@]1(C)[C@@]2(C)O. The van der Waals surface area contributed by atoms with E-state index in [0.29, 0.717) is 12.0 Å². The van der Waals surface area contributed by atoms with E-state index in [1.807, 2.05) is 20.8 Å². The van der Waals surface area contributed by atoms with Crippen LogP contribution in [0.15, 0.2) is 11.6 Å². The Bertz CT molecular complexity index is 654. The summed E-state index contributed by atoms with van der Waals surface area (Å²) >= 11 is 0. The maximum atomic E-state index is 13.1. The minimum atomic E-state index is -1.34. The Morgan fingerprint density at radius 3 is 2.52 bits per heavy atom. The van der Waals surface area contributed by atoms with E-state index in [1.165, 1.54) is 0 Å². The number of ether oxygens (including phenoxy) is 2. The Kier molecular flexibility index (Phi) is 3.49. The molecule has 0 radical (unpaired) electrons. The lowest BCUT2D eigenvalue weighted by atomic mass is 9.54. The van der Waals surface area contributed by atoms with Crippen LogP contribution in [0.4, 0.5) is 0 Å². The number of hydrogen-bond acceptors (Lipinski definition) is 5. The lowest BCUT2D eigenvalue weighted by Crippen LogP contribution is -2.58. The highest BCUT2D eigenvalue weighted by atomic mass is 16.6. The Hall–Kier alpha value is -0.750. The van der Waals surface area contributed by atoms with Crippen molar-refractivity contribution < 1.29 is 24.5 Å². The van der Waals surface area contributed by atoms with E-state index in [-0.39, 0.29) is 23.4 Å². The average Bonchev–Trinajstić information content (AvgIpc) is 3.37. The fourth-order valence-corrected chi connectivity index (χ4v) is 5.34. The van der Waals surface area contributed by atoms with Gasteiger partial charge in [0.1, 0.15) is 11.7 Å². The molecule has 2 N–H and O–H groups in total. The molecule has 0 aromatic carbocycles. The lowest BCUT2D eigenvalue weighted by Gasteiger charge is -2.52. The van der Waals surface area contributed by atoms with Gasteiger partial charge >= 0.3 is 0 Å². The largest absolute Gasteiger partial charge is 0.389 e. The molecule has 0 aromatic rings. The average molecular weight is 350 g/mol. The highest BCUT2D eigenvalue weighted by Gasteiger charge is 2.66. The molecule has 5 heteroatoms. The Morgan fingerprint density at radius 2 is 1.84 bits per heavy atom. The molecule has 0 spiro atoms. The van der Waals surface area contributed by atoms with Crippen LogP contribution in [-0.2, 0) is 14.3 Å². The predicted molar refractivity (Wildman–Crippen MR) is 92.0 cm³/mol. The van der Waals surface area contributed by atoms with Crippen molar-refractivity contribution in [2.24, 2.45) is 11.3 Å². The summed E-state index contributed by atoms with van der Waals surface area (Å²) in [5.41, 5.74) is -2.46. The summed E-state index contributed by atoms with van der Waals surface area (Å²) in [6.07, 6.45) is 3.78. The number of epoxide rings is 2. The van der Waals surface area contributed by atoms with E-state index >= 15 is 0 Å². The van der Waals surface area contributed by atoms with Gasteiger partial charge < -0.3 is 19.7 Å². The van der Waals surface area contributed by atoms with Gasteiger partial charge in [-0.15, -0.1) is 0 Å². The molecule has 1 saturated carbocycles. The molecule has 0 aromatic heterocycles. The van der Waals surface area contributed by atoms with Gasteiger partial charge in [0, 0.05) is 11.0 Å². The zero-order valence-corrected chi connectivity index (χ0v) is 15.8. The molecule has 140 valence electrons. The maximum absolute atomic E-state index is 13.1. The topological polar surface area (TPSA) is 82.6 Å². The fourth-order valence-electron chi connectivity index (χ4n) is 5.34. The molecule has 25 heavy (non-hydrogen) atoms. The van der Waals surface area contributed by atoms with Gasteiger partial charge in [0.2, 0.25) is 0 Å². The molecule has 2 saturated heterocycles. The summed E-state index contributed by atoms with van der Waals surface area (Å²) < 4.78 is 11.8. The number of Topliss-reactive ketones (excluding diaryl/α,β-unsaturated/α-hetero) is 1. The molecule has 2 aliphatic carbocycles. The number of carbonyl (C=O) groups is 1. The van der Waals surface area contributed by atoms with Crippen LogP contribution in [0.2, 0.25) is 0 Å². The fraction of sp³-hybridized carbons (Fsp3) is 0.850. The van der Waals surface area contributed by atoms with Gasteiger partial charge in [-0.3, -0.25) is 4.79 Å². The van der Waals surface area contributed by atoms with Crippen molar-refractivity contribution in [1.82, 2.24) is 0 Å². The van der Waals surface area contributed by atoms with E-state index in [4.69, 9.17) is 9.47 Å². The lowest BCUT2D eigenvalue weighted by molar-refractivity contribution is -0.134. The Labute approximate surface area is 149 Å². The second-order valence-corrected chi connectivity index (χ2v) is 9.51. The van der Waals surface area contributed by atoms with Gasteiger partial charge in [-0.05, 0) is 58.4 Å². The zero-order chi connectivity index (χ0) is 18.4. The van der Waals surface area contributed by atoms with Crippen LogP contribution >= 0.6 is 0 Å². The van der Waals surface area contributed by atoms with Crippen LogP contribution in [0, 0.1) is 11.3 Å². The van der Waals surface area contributed by atoms with Crippen LogP contribution in [0.1, 0.15) is 60.3 Å². The molecular weight excluding hydrogens is 320 g/mol. The molecule has 5 nitrogen and oxygen atoms in total. The van der Waals surface area contributed by atoms with Crippen LogP contribution in [0.25, 0.3) is 0 Å². The summed E-state index contributed by atoms with van der Waals surface area (Å²) in [5.74, 6) is -0.362. The molecule has 0 amide bonds. The van der Waals surface area contributed by atoms with E-state index in [9.17, 15) is 15.0 Å². The summed E-state index contributed by atoms with van der Waals surface area (Å²) in [4.78, 5) is 13.1. The molecular formula is C20H30O5. The van der Waals surface area contributed by atoms with Crippen molar-refractivity contribution in [3.05, 3.63) is 11.6 Å². The highest BCUT2D eigenvalue weighted by molar-refractivity contribution is 6.03. The second kappa shape index (κ2) is 4.94. The minimum absolute atomic E-state index is 0.176. The molecule has 8 atom stereocenters. The van der Waals surface area contributed by atoms with E-state index < -0.39 is 28.8 Å². The Balaban J connectivity index is 1.80. The van der Waals surface area contributed by atoms with Crippen LogP contribution in [-0.4, -0.2) is 51.1 Å². The molecule has 3 fully saturated rings. The van der Waals surface area contributed by atoms with Crippen molar-refractivity contribution in [1.29, 1.82) is 0 Å². The number of rotatable bonds is 0. The monoisotopic (exact) mass is 350 g/mol.